The van der Waals surface area contributed by atoms with E-state index in [1.165, 1.54) is 0 Å². The molecule has 1 aromatic heterocycles. The van der Waals surface area contributed by atoms with E-state index in [2.05, 4.69) is 17.3 Å². The number of halogens is 2. The predicted molar refractivity (Wildman–Crippen MR) is 65.7 cm³/mol. The Labute approximate surface area is 103 Å². The molecule has 4 nitrogen and oxygen atoms in total. The fourth-order valence-corrected chi connectivity index (χ4v) is 1.16. The minimum absolute atomic E-state index is 0. The fourth-order valence-electron chi connectivity index (χ4n) is 1.16. The molecule has 0 amide bonds. The van der Waals surface area contributed by atoms with Crippen molar-refractivity contribution in [2.75, 3.05) is 6.61 Å². The molecular weight excluding hydrogens is 237 g/mol. The van der Waals surface area contributed by atoms with Gasteiger partial charge in [0, 0.05) is 31.4 Å². The van der Waals surface area contributed by atoms with Gasteiger partial charge >= 0.3 is 0 Å². The molecule has 1 atom stereocenters. The van der Waals surface area contributed by atoms with Crippen molar-refractivity contribution < 1.29 is 5.11 Å². The molecule has 1 heterocycles. The molecule has 15 heavy (non-hydrogen) atoms. The Morgan fingerprint density at radius 3 is 2.60 bits per heavy atom. The van der Waals surface area contributed by atoms with Gasteiger partial charge in [0.05, 0.1) is 12.8 Å². The number of hydrogen-bond donors (Lipinski definition) is 2. The predicted octanol–water partition coefficient (Wildman–Crippen LogP) is 1.12. The first kappa shape index (κ1) is 17.1. The van der Waals surface area contributed by atoms with Crippen molar-refractivity contribution in [1.82, 2.24) is 15.1 Å². The van der Waals surface area contributed by atoms with Crippen LogP contribution in [0.25, 0.3) is 0 Å². The lowest BCUT2D eigenvalue weighted by Gasteiger charge is -2.12. The number of aliphatic hydroxyl groups is 1. The molecule has 90 valence electrons. The van der Waals surface area contributed by atoms with Crippen LogP contribution in [-0.2, 0) is 13.6 Å². The molecule has 1 rings (SSSR count). The van der Waals surface area contributed by atoms with Crippen LogP contribution in [0, 0.1) is 0 Å². The van der Waals surface area contributed by atoms with Gasteiger partial charge in [0.2, 0.25) is 0 Å². The SMILES string of the molecule is CCC(CO)NCc1cnn(C)c1.Cl.Cl. The summed E-state index contributed by atoms with van der Waals surface area (Å²) in [6, 6.07) is 0.195. The Bertz CT molecular complexity index is 251. The number of aryl methyl sites for hydroxylation is 1. The first-order valence-corrected chi connectivity index (χ1v) is 4.58. The maximum absolute atomic E-state index is 8.93. The quantitative estimate of drug-likeness (QED) is 0.830. The third-order valence-electron chi connectivity index (χ3n) is 2.07. The summed E-state index contributed by atoms with van der Waals surface area (Å²) in [5.41, 5.74) is 1.15. The molecule has 0 saturated carbocycles. The first-order valence-electron chi connectivity index (χ1n) is 4.58. The van der Waals surface area contributed by atoms with E-state index in [1.807, 2.05) is 19.4 Å². The lowest BCUT2D eigenvalue weighted by Crippen LogP contribution is -2.30. The van der Waals surface area contributed by atoms with E-state index < -0.39 is 0 Å². The second-order valence-corrected chi connectivity index (χ2v) is 3.19. The molecule has 0 aliphatic heterocycles. The summed E-state index contributed by atoms with van der Waals surface area (Å²) in [5.74, 6) is 0. The molecule has 0 radical (unpaired) electrons. The van der Waals surface area contributed by atoms with E-state index in [9.17, 15) is 0 Å². The van der Waals surface area contributed by atoms with Crippen LogP contribution in [0.5, 0.6) is 0 Å². The van der Waals surface area contributed by atoms with Crippen molar-refractivity contribution >= 4 is 24.8 Å². The summed E-state index contributed by atoms with van der Waals surface area (Å²) in [6.07, 6.45) is 4.74. The van der Waals surface area contributed by atoms with E-state index in [4.69, 9.17) is 5.11 Å². The zero-order chi connectivity index (χ0) is 9.68. The summed E-state index contributed by atoms with van der Waals surface area (Å²) in [6.45, 7) is 3.01. The van der Waals surface area contributed by atoms with E-state index in [0.717, 1.165) is 18.5 Å². The van der Waals surface area contributed by atoms with E-state index >= 15 is 0 Å². The second-order valence-electron chi connectivity index (χ2n) is 3.19. The standard InChI is InChI=1S/C9H17N3O.2ClH/c1-3-9(7-13)10-4-8-5-11-12(2)6-8;;/h5-6,9-10,13H,3-4,7H2,1-2H3;2*1H. The van der Waals surface area contributed by atoms with Crippen LogP contribution in [0.4, 0.5) is 0 Å². The van der Waals surface area contributed by atoms with Crippen molar-refractivity contribution in [3.63, 3.8) is 0 Å². The minimum Gasteiger partial charge on any atom is -0.395 e. The highest BCUT2D eigenvalue weighted by molar-refractivity contribution is 5.85. The Morgan fingerprint density at radius 1 is 1.53 bits per heavy atom. The lowest BCUT2D eigenvalue weighted by molar-refractivity contribution is 0.238. The summed E-state index contributed by atoms with van der Waals surface area (Å²) in [7, 11) is 1.90. The third kappa shape index (κ3) is 5.99. The number of hydrogen-bond acceptors (Lipinski definition) is 3. The Kier molecular flexibility index (Phi) is 10.2. The van der Waals surface area contributed by atoms with Crippen molar-refractivity contribution in [1.29, 1.82) is 0 Å². The number of nitrogens with one attached hydrogen (secondary N) is 1. The zero-order valence-electron chi connectivity index (χ0n) is 9.01. The van der Waals surface area contributed by atoms with Gasteiger partial charge < -0.3 is 10.4 Å². The van der Waals surface area contributed by atoms with Crippen LogP contribution in [0.15, 0.2) is 12.4 Å². The summed E-state index contributed by atoms with van der Waals surface area (Å²) < 4.78 is 1.77. The maximum Gasteiger partial charge on any atom is 0.0584 e. The van der Waals surface area contributed by atoms with Gasteiger partial charge in [-0.3, -0.25) is 4.68 Å². The van der Waals surface area contributed by atoms with Crippen molar-refractivity contribution in [3.05, 3.63) is 18.0 Å². The molecule has 0 spiro atoms. The van der Waals surface area contributed by atoms with Crippen molar-refractivity contribution in [2.45, 2.75) is 25.9 Å². The van der Waals surface area contributed by atoms with Gasteiger partial charge in [0.15, 0.2) is 0 Å². The third-order valence-corrected chi connectivity index (χ3v) is 2.07. The first-order chi connectivity index (χ1) is 6.26. The molecule has 1 unspecified atom stereocenters. The average Bonchev–Trinajstić information content (AvgIpc) is 2.53. The molecule has 0 aromatic carbocycles. The van der Waals surface area contributed by atoms with Crippen molar-refractivity contribution in [2.24, 2.45) is 7.05 Å². The monoisotopic (exact) mass is 255 g/mol. The Morgan fingerprint density at radius 2 is 2.20 bits per heavy atom. The van der Waals surface area contributed by atoms with Gasteiger partial charge in [-0.2, -0.15) is 5.10 Å². The Hall–Kier alpha value is -0.290. The molecule has 0 saturated heterocycles. The second kappa shape index (κ2) is 8.97. The maximum atomic E-state index is 8.93. The molecule has 0 bridgehead atoms. The summed E-state index contributed by atoms with van der Waals surface area (Å²) in [5, 5.41) is 16.2. The number of rotatable bonds is 5. The average molecular weight is 256 g/mol. The van der Waals surface area contributed by atoms with Gasteiger partial charge in [0.25, 0.3) is 0 Å². The highest BCUT2D eigenvalue weighted by Gasteiger charge is 2.03. The molecule has 0 fully saturated rings. The van der Waals surface area contributed by atoms with Crippen molar-refractivity contribution in [3.8, 4) is 0 Å². The minimum atomic E-state index is 0. The summed E-state index contributed by atoms with van der Waals surface area (Å²) >= 11 is 0. The van der Waals surface area contributed by atoms with E-state index in [-0.39, 0.29) is 37.5 Å². The van der Waals surface area contributed by atoms with Crippen LogP contribution >= 0.6 is 24.8 Å². The topological polar surface area (TPSA) is 50.1 Å². The highest BCUT2D eigenvalue weighted by Crippen LogP contribution is 1.97. The van der Waals surface area contributed by atoms with Crippen LogP contribution in [0.3, 0.4) is 0 Å². The van der Waals surface area contributed by atoms with Gasteiger partial charge in [-0.1, -0.05) is 6.92 Å². The molecule has 2 N–H and O–H groups in total. The van der Waals surface area contributed by atoms with E-state index in [1.54, 1.807) is 4.68 Å². The van der Waals surface area contributed by atoms with Crippen LogP contribution in [0.2, 0.25) is 0 Å². The normalized spacial score (nSPS) is 11.4. The molecular formula is C9H19Cl2N3O. The molecule has 1 aromatic rings. The van der Waals surface area contributed by atoms with Gasteiger partial charge in [-0.15, -0.1) is 24.8 Å². The smallest absolute Gasteiger partial charge is 0.0584 e. The molecule has 0 aliphatic carbocycles. The zero-order valence-corrected chi connectivity index (χ0v) is 10.6. The van der Waals surface area contributed by atoms with Crippen LogP contribution in [0.1, 0.15) is 18.9 Å². The highest BCUT2D eigenvalue weighted by atomic mass is 35.5. The van der Waals surface area contributed by atoms with Gasteiger partial charge in [-0.25, -0.2) is 0 Å². The van der Waals surface area contributed by atoms with E-state index in [0.29, 0.717) is 0 Å². The number of aliphatic hydroxyl groups excluding tert-OH is 1. The number of nitrogens with zero attached hydrogens (tertiary/aromatic N) is 2. The van der Waals surface area contributed by atoms with Crippen LogP contribution in [-0.4, -0.2) is 27.5 Å². The lowest BCUT2D eigenvalue weighted by atomic mass is 10.2. The largest absolute Gasteiger partial charge is 0.395 e. The summed E-state index contributed by atoms with van der Waals surface area (Å²) in [4.78, 5) is 0. The van der Waals surface area contributed by atoms with Crippen LogP contribution < -0.4 is 5.32 Å². The number of aromatic nitrogens is 2. The molecule has 0 aliphatic rings. The Balaban J connectivity index is 0. The van der Waals surface area contributed by atoms with Gasteiger partial charge in [-0.05, 0) is 6.42 Å². The fraction of sp³-hybridized carbons (Fsp3) is 0.667. The molecule has 6 heteroatoms. The van der Waals surface area contributed by atoms with Gasteiger partial charge in [0.1, 0.15) is 0 Å².